The van der Waals surface area contributed by atoms with Crippen LogP contribution >= 0.6 is 0 Å². The second-order valence-electron chi connectivity index (χ2n) is 1.57. The average Bonchev–Trinajstić information content (AvgIpc) is 2.03. The van der Waals surface area contributed by atoms with E-state index in [1.165, 1.54) is 6.11 Å². The van der Waals surface area contributed by atoms with Crippen molar-refractivity contribution in [3.05, 3.63) is 12.7 Å². The first kappa shape index (κ1) is 9.53. The summed E-state index contributed by atoms with van der Waals surface area (Å²) in [6.07, 6.45) is 1.49. The second kappa shape index (κ2) is 5.33. The van der Waals surface area contributed by atoms with Crippen LogP contribution < -0.4 is 0 Å². The standard InChI is InChI=1S/C7H8O4/c1-2-7(10)11-6(5-9)3-4-8/h2,6,8-9H,1,5H2. The first-order valence-electron chi connectivity index (χ1n) is 2.83. The van der Waals surface area contributed by atoms with Crippen LogP contribution in [-0.4, -0.2) is 28.9 Å². The van der Waals surface area contributed by atoms with E-state index in [0.717, 1.165) is 6.08 Å². The maximum absolute atomic E-state index is 10.5. The topological polar surface area (TPSA) is 66.8 Å². The largest absolute Gasteiger partial charge is 0.462 e. The zero-order chi connectivity index (χ0) is 8.69. The molecule has 4 nitrogen and oxygen atoms in total. The summed E-state index contributed by atoms with van der Waals surface area (Å²) in [5, 5.41) is 16.5. The molecule has 0 bridgehead atoms. The average molecular weight is 156 g/mol. The smallest absolute Gasteiger partial charge is 0.331 e. The van der Waals surface area contributed by atoms with Crippen LogP contribution in [0.5, 0.6) is 0 Å². The molecule has 1 atom stereocenters. The molecule has 0 heterocycles. The van der Waals surface area contributed by atoms with E-state index >= 15 is 0 Å². The van der Waals surface area contributed by atoms with Crippen molar-refractivity contribution in [2.45, 2.75) is 6.10 Å². The summed E-state index contributed by atoms with van der Waals surface area (Å²) in [4.78, 5) is 10.5. The number of esters is 1. The van der Waals surface area contributed by atoms with Crippen LogP contribution in [0.4, 0.5) is 0 Å². The third-order valence-corrected chi connectivity index (χ3v) is 0.816. The highest BCUT2D eigenvalue weighted by Crippen LogP contribution is 1.89. The molecule has 0 aliphatic carbocycles. The van der Waals surface area contributed by atoms with E-state index in [2.05, 4.69) is 17.2 Å². The Labute approximate surface area is 64.1 Å². The molecule has 1 unspecified atom stereocenters. The van der Waals surface area contributed by atoms with Crippen molar-refractivity contribution in [3.8, 4) is 12.0 Å². The number of aliphatic hydroxyl groups is 2. The molecule has 0 rings (SSSR count). The van der Waals surface area contributed by atoms with Crippen LogP contribution in [0, 0.1) is 12.0 Å². The van der Waals surface area contributed by atoms with Crippen LogP contribution in [0.3, 0.4) is 0 Å². The molecule has 0 saturated carbocycles. The predicted molar refractivity (Wildman–Crippen MR) is 36.9 cm³/mol. The zero-order valence-electron chi connectivity index (χ0n) is 5.78. The van der Waals surface area contributed by atoms with Crippen molar-refractivity contribution in [1.29, 1.82) is 0 Å². The first-order valence-corrected chi connectivity index (χ1v) is 2.83. The summed E-state index contributed by atoms with van der Waals surface area (Å²) in [7, 11) is 0. The van der Waals surface area contributed by atoms with Gasteiger partial charge in [-0.3, -0.25) is 0 Å². The monoisotopic (exact) mass is 156 g/mol. The Kier molecular flexibility index (Phi) is 4.61. The van der Waals surface area contributed by atoms with Crippen molar-refractivity contribution in [2.24, 2.45) is 0 Å². The van der Waals surface area contributed by atoms with Gasteiger partial charge in [0, 0.05) is 6.08 Å². The van der Waals surface area contributed by atoms with Gasteiger partial charge in [-0.05, 0) is 5.92 Å². The van der Waals surface area contributed by atoms with E-state index in [-0.39, 0.29) is 0 Å². The number of rotatable bonds is 3. The van der Waals surface area contributed by atoms with Crippen molar-refractivity contribution >= 4 is 5.97 Å². The summed E-state index contributed by atoms with van der Waals surface area (Å²) in [6, 6.07) is 0. The summed E-state index contributed by atoms with van der Waals surface area (Å²) in [5.74, 6) is 1.37. The number of aliphatic hydroxyl groups excluding tert-OH is 2. The lowest BCUT2D eigenvalue weighted by atomic mass is 10.4. The molecule has 0 saturated heterocycles. The molecule has 0 aromatic rings. The minimum absolute atomic E-state index is 0.451. The fourth-order valence-corrected chi connectivity index (χ4v) is 0.373. The van der Waals surface area contributed by atoms with E-state index < -0.39 is 18.7 Å². The molecular weight excluding hydrogens is 148 g/mol. The highest BCUT2D eigenvalue weighted by atomic mass is 16.5. The van der Waals surface area contributed by atoms with E-state index in [4.69, 9.17) is 10.2 Å². The Morgan fingerprint density at radius 2 is 2.45 bits per heavy atom. The van der Waals surface area contributed by atoms with Crippen LogP contribution in [0.1, 0.15) is 0 Å². The normalized spacial score (nSPS) is 10.6. The van der Waals surface area contributed by atoms with Crippen LogP contribution in [0.25, 0.3) is 0 Å². The molecule has 0 aliphatic rings. The highest BCUT2D eigenvalue weighted by Gasteiger charge is 2.06. The van der Waals surface area contributed by atoms with Gasteiger partial charge in [-0.1, -0.05) is 6.58 Å². The van der Waals surface area contributed by atoms with Gasteiger partial charge in [0.25, 0.3) is 0 Å². The lowest BCUT2D eigenvalue weighted by Gasteiger charge is -2.05. The Balaban J connectivity index is 3.93. The summed E-state index contributed by atoms with van der Waals surface area (Å²) < 4.78 is 4.45. The molecule has 0 spiro atoms. The van der Waals surface area contributed by atoms with Gasteiger partial charge in [-0.25, -0.2) is 4.79 Å². The first-order chi connectivity index (χ1) is 5.24. The van der Waals surface area contributed by atoms with Gasteiger partial charge in [0.05, 0.1) is 6.61 Å². The molecule has 0 fully saturated rings. The number of carbonyl (C=O) groups is 1. The van der Waals surface area contributed by atoms with Crippen molar-refractivity contribution < 1.29 is 19.7 Å². The maximum Gasteiger partial charge on any atom is 0.331 e. The van der Waals surface area contributed by atoms with Crippen LogP contribution in [0.2, 0.25) is 0 Å². The molecule has 0 radical (unpaired) electrons. The van der Waals surface area contributed by atoms with E-state index in [1.54, 1.807) is 0 Å². The van der Waals surface area contributed by atoms with Gasteiger partial charge < -0.3 is 14.9 Å². The maximum atomic E-state index is 10.5. The van der Waals surface area contributed by atoms with E-state index in [1.807, 2.05) is 0 Å². The third kappa shape index (κ3) is 4.00. The molecule has 0 aliphatic heterocycles. The Morgan fingerprint density at radius 1 is 1.82 bits per heavy atom. The van der Waals surface area contributed by atoms with E-state index in [0.29, 0.717) is 0 Å². The van der Waals surface area contributed by atoms with Crippen LogP contribution in [-0.2, 0) is 9.53 Å². The minimum Gasteiger partial charge on any atom is -0.462 e. The Hall–Kier alpha value is -1.47. The Morgan fingerprint density at radius 3 is 2.82 bits per heavy atom. The van der Waals surface area contributed by atoms with Crippen LogP contribution in [0.15, 0.2) is 12.7 Å². The SMILES string of the molecule is C=CC(=O)OC(C#CO)CO. The lowest BCUT2D eigenvalue weighted by molar-refractivity contribution is -0.141. The summed E-state index contributed by atoms with van der Waals surface area (Å²) in [5.41, 5.74) is 0. The van der Waals surface area contributed by atoms with Gasteiger partial charge in [0.15, 0.2) is 6.10 Å². The Bertz CT molecular complexity index is 198. The quantitative estimate of drug-likeness (QED) is 0.325. The molecule has 0 aromatic heterocycles. The number of hydrogen-bond acceptors (Lipinski definition) is 4. The van der Waals surface area contributed by atoms with Crippen molar-refractivity contribution in [1.82, 2.24) is 0 Å². The zero-order valence-corrected chi connectivity index (χ0v) is 5.78. The fraction of sp³-hybridized carbons (Fsp3) is 0.286. The van der Waals surface area contributed by atoms with Gasteiger partial charge in [-0.2, -0.15) is 0 Å². The molecule has 60 valence electrons. The van der Waals surface area contributed by atoms with Gasteiger partial charge in [0.1, 0.15) is 6.11 Å². The molecule has 4 heteroatoms. The molecule has 11 heavy (non-hydrogen) atoms. The minimum atomic E-state index is -0.981. The fourth-order valence-electron chi connectivity index (χ4n) is 0.373. The predicted octanol–water partition coefficient (Wildman–Crippen LogP) is -0.590. The molecule has 0 aromatic carbocycles. The van der Waals surface area contributed by atoms with Gasteiger partial charge in [-0.15, -0.1) is 0 Å². The molecule has 2 N–H and O–H groups in total. The number of carbonyl (C=O) groups excluding carboxylic acids is 1. The highest BCUT2D eigenvalue weighted by molar-refractivity contribution is 5.81. The molecular formula is C7H8O4. The third-order valence-electron chi connectivity index (χ3n) is 0.816. The summed E-state index contributed by atoms with van der Waals surface area (Å²) in [6.45, 7) is 2.69. The van der Waals surface area contributed by atoms with Gasteiger partial charge in [0.2, 0.25) is 0 Å². The number of hydrogen-bond donors (Lipinski definition) is 2. The van der Waals surface area contributed by atoms with E-state index in [9.17, 15) is 4.79 Å². The van der Waals surface area contributed by atoms with Crippen molar-refractivity contribution in [2.75, 3.05) is 6.61 Å². The second-order valence-corrected chi connectivity index (χ2v) is 1.57. The number of ether oxygens (including phenoxy) is 1. The van der Waals surface area contributed by atoms with Gasteiger partial charge >= 0.3 is 5.97 Å². The molecule has 0 amide bonds. The van der Waals surface area contributed by atoms with Crippen molar-refractivity contribution in [3.63, 3.8) is 0 Å². The summed E-state index contributed by atoms with van der Waals surface area (Å²) >= 11 is 0. The lowest BCUT2D eigenvalue weighted by Crippen LogP contribution is -2.18.